The van der Waals surface area contributed by atoms with Crippen LogP contribution in [-0.4, -0.2) is 37.8 Å². The Balaban J connectivity index is 1.92. The third-order valence-corrected chi connectivity index (χ3v) is 7.90. The molecule has 4 rings (SSSR count). The van der Waals surface area contributed by atoms with Gasteiger partial charge in [0.15, 0.2) is 5.72 Å². The van der Waals surface area contributed by atoms with Crippen molar-refractivity contribution in [2.24, 2.45) is 5.92 Å². The molecule has 1 fully saturated rings. The molecule has 0 unspecified atom stereocenters. The largest absolute Gasteiger partial charge is 0.507 e. The fourth-order valence-corrected chi connectivity index (χ4v) is 6.21. The predicted octanol–water partition coefficient (Wildman–Crippen LogP) is 7.66. The summed E-state index contributed by atoms with van der Waals surface area (Å²) in [5.74, 6) is -1.44. The van der Waals surface area contributed by atoms with E-state index in [-0.39, 0.29) is 29.9 Å². The molecule has 1 aromatic carbocycles. The molecule has 3 heterocycles. The van der Waals surface area contributed by atoms with Crippen LogP contribution >= 0.6 is 11.3 Å². The van der Waals surface area contributed by atoms with E-state index in [9.17, 15) is 27.9 Å². The van der Waals surface area contributed by atoms with Crippen LogP contribution < -0.4 is 0 Å². The second-order valence-corrected chi connectivity index (χ2v) is 12.4. The quantitative estimate of drug-likeness (QED) is 0.303. The van der Waals surface area contributed by atoms with Gasteiger partial charge in [0.1, 0.15) is 5.01 Å². The number of halogens is 3. The Kier molecular flexibility index (Phi) is 7.99. The number of rotatable bonds is 6. The van der Waals surface area contributed by atoms with E-state index in [2.05, 4.69) is 9.97 Å². The molecular weight excluding hydrogens is 543 g/mol. The Labute approximate surface area is 235 Å². The molecule has 0 radical (unpaired) electrons. The third-order valence-electron chi connectivity index (χ3n) is 7.05. The van der Waals surface area contributed by atoms with Gasteiger partial charge < -0.3 is 9.84 Å². The number of hydrogen-bond donors (Lipinski definition) is 1. The highest BCUT2D eigenvalue weighted by Crippen LogP contribution is 2.55. The molecule has 3 atom stereocenters. The van der Waals surface area contributed by atoms with Crippen molar-refractivity contribution in [2.75, 3.05) is 0 Å². The van der Waals surface area contributed by atoms with E-state index in [4.69, 9.17) is 4.74 Å². The Hall–Kier alpha value is -3.47. The first kappa shape index (κ1) is 29.5. The van der Waals surface area contributed by atoms with Gasteiger partial charge in [-0.2, -0.15) is 13.2 Å². The van der Waals surface area contributed by atoms with E-state index in [0.29, 0.717) is 10.6 Å². The van der Waals surface area contributed by atoms with Crippen LogP contribution in [0.25, 0.3) is 0 Å². The lowest BCUT2D eigenvalue weighted by molar-refractivity contribution is -0.137. The molecule has 1 aliphatic rings. The summed E-state index contributed by atoms with van der Waals surface area (Å²) in [6.07, 6.45) is -3.53. The zero-order valence-corrected chi connectivity index (χ0v) is 23.7. The summed E-state index contributed by atoms with van der Waals surface area (Å²) in [5.41, 5.74) is -1.33. The third kappa shape index (κ3) is 5.99. The number of thiazole rings is 1. The number of nitrogens with zero attached hydrogens (tertiary/aromatic N) is 3. The number of hydrogen-bond acceptors (Lipinski definition) is 6. The van der Waals surface area contributed by atoms with Crippen molar-refractivity contribution in [1.82, 2.24) is 14.9 Å². The lowest BCUT2D eigenvalue weighted by Gasteiger charge is -2.40. The highest BCUT2D eigenvalue weighted by molar-refractivity contribution is 7.09. The van der Waals surface area contributed by atoms with Crippen LogP contribution in [0.3, 0.4) is 0 Å². The zero-order chi connectivity index (χ0) is 29.5. The summed E-state index contributed by atoms with van der Waals surface area (Å²) in [7, 11) is 0. The van der Waals surface area contributed by atoms with Gasteiger partial charge >= 0.3 is 12.3 Å². The molecule has 1 saturated heterocycles. The van der Waals surface area contributed by atoms with Gasteiger partial charge in [-0.25, -0.2) is 9.78 Å². The van der Waals surface area contributed by atoms with Crippen molar-refractivity contribution in [3.8, 4) is 0 Å². The number of aromatic nitrogens is 2. The Morgan fingerprint density at radius 1 is 1.10 bits per heavy atom. The number of ether oxygens (including phenoxy) is 1. The van der Waals surface area contributed by atoms with Gasteiger partial charge in [0.2, 0.25) is 0 Å². The van der Waals surface area contributed by atoms with Crippen LogP contribution in [-0.2, 0) is 16.3 Å². The number of amides is 1. The van der Waals surface area contributed by atoms with Crippen LogP contribution in [0.1, 0.15) is 91.6 Å². The summed E-state index contributed by atoms with van der Waals surface area (Å²) in [5, 5.41) is 12.0. The van der Waals surface area contributed by atoms with Crippen LogP contribution in [0.4, 0.5) is 18.0 Å². The van der Waals surface area contributed by atoms with E-state index in [0.717, 1.165) is 23.9 Å². The van der Waals surface area contributed by atoms with Crippen LogP contribution in [0.5, 0.6) is 0 Å². The molecule has 1 amide bonds. The normalized spacial score (nSPS) is 21.6. The Morgan fingerprint density at radius 3 is 2.30 bits per heavy atom. The maximum Gasteiger partial charge on any atom is 0.507 e. The van der Waals surface area contributed by atoms with Crippen LogP contribution in [0.15, 0.2) is 54.2 Å². The van der Waals surface area contributed by atoms with Crippen molar-refractivity contribution >= 4 is 23.4 Å². The SMILES string of the molecule is CC(C)C[C@]1(OC(=O)O)C[C@H](c2cc(C(F)(F)F)ccn2)[C@H](c2nccs2)N1C(=O)c1ccc(C(C)(C)C)cc1. The topological polar surface area (TPSA) is 92.6 Å². The van der Waals surface area contributed by atoms with Crippen LogP contribution in [0.2, 0.25) is 0 Å². The van der Waals surface area contributed by atoms with E-state index in [1.54, 1.807) is 17.5 Å². The Morgan fingerprint density at radius 2 is 1.77 bits per heavy atom. The lowest BCUT2D eigenvalue weighted by Crippen LogP contribution is -2.52. The van der Waals surface area contributed by atoms with Crippen molar-refractivity contribution in [3.63, 3.8) is 0 Å². The fourth-order valence-electron chi connectivity index (χ4n) is 5.42. The molecule has 1 N–H and O–H groups in total. The molecule has 2 aromatic heterocycles. The molecular formula is C29H32F3N3O4S. The van der Waals surface area contributed by atoms with E-state index in [1.807, 2.05) is 46.8 Å². The number of likely N-dealkylation sites (tertiary alicyclic amines) is 1. The van der Waals surface area contributed by atoms with Gasteiger partial charge in [-0.05, 0) is 41.2 Å². The summed E-state index contributed by atoms with van der Waals surface area (Å²) in [4.78, 5) is 36.5. The minimum Gasteiger partial charge on any atom is -0.450 e. The number of alkyl halides is 3. The first-order valence-corrected chi connectivity index (χ1v) is 13.8. The van der Waals surface area contributed by atoms with Crippen molar-refractivity contribution in [1.29, 1.82) is 0 Å². The van der Waals surface area contributed by atoms with Gasteiger partial charge in [0, 0.05) is 47.8 Å². The number of carbonyl (C=O) groups excluding carboxylic acids is 1. The average molecular weight is 576 g/mol. The second kappa shape index (κ2) is 10.8. The number of benzene rings is 1. The first-order chi connectivity index (χ1) is 18.6. The second-order valence-electron chi connectivity index (χ2n) is 11.5. The Bertz CT molecular complexity index is 1350. The molecule has 11 heteroatoms. The molecule has 214 valence electrons. The van der Waals surface area contributed by atoms with Gasteiger partial charge in [0.25, 0.3) is 5.91 Å². The van der Waals surface area contributed by atoms with Crippen LogP contribution in [0, 0.1) is 5.92 Å². The van der Waals surface area contributed by atoms with Gasteiger partial charge in [0.05, 0.1) is 11.6 Å². The molecule has 1 aliphatic heterocycles. The highest BCUT2D eigenvalue weighted by atomic mass is 32.1. The minimum absolute atomic E-state index is 0.0792. The maximum atomic E-state index is 14.3. The smallest absolute Gasteiger partial charge is 0.450 e. The zero-order valence-electron chi connectivity index (χ0n) is 22.9. The monoisotopic (exact) mass is 575 g/mol. The van der Waals surface area contributed by atoms with Crippen molar-refractivity contribution < 1.29 is 32.6 Å². The maximum absolute atomic E-state index is 14.3. The molecule has 40 heavy (non-hydrogen) atoms. The predicted molar refractivity (Wildman–Crippen MR) is 144 cm³/mol. The molecule has 3 aromatic rings. The van der Waals surface area contributed by atoms with E-state index >= 15 is 0 Å². The van der Waals surface area contributed by atoms with Gasteiger partial charge in [-0.15, -0.1) is 11.3 Å². The lowest BCUT2D eigenvalue weighted by atomic mass is 9.86. The standard InChI is InChI=1S/C29H32F3N3O4S/c1-17(2)15-28(39-26(37)38)16-21(22-14-20(10-11-33-22)29(30,31)32)23(24-34-12-13-40-24)35(28)25(36)18-6-8-19(9-7-18)27(3,4)5/h6-14,17,21,23H,15-16H2,1-5H3,(H,37,38)/t21-,23-,28+/m1/s1. The summed E-state index contributed by atoms with van der Waals surface area (Å²) >= 11 is 1.23. The molecule has 0 saturated carbocycles. The molecule has 0 bridgehead atoms. The van der Waals surface area contributed by atoms with Crippen molar-refractivity contribution in [2.45, 2.75) is 76.7 Å². The summed E-state index contributed by atoms with van der Waals surface area (Å²) in [6.45, 7) is 9.86. The fraction of sp³-hybridized carbons (Fsp3) is 0.448. The van der Waals surface area contributed by atoms with E-state index in [1.165, 1.54) is 22.4 Å². The highest BCUT2D eigenvalue weighted by Gasteiger charge is 2.59. The van der Waals surface area contributed by atoms with Gasteiger partial charge in [-0.1, -0.05) is 46.8 Å². The van der Waals surface area contributed by atoms with Crippen molar-refractivity contribution in [3.05, 3.63) is 81.6 Å². The molecule has 0 spiro atoms. The molecule has 0 aliphatic carbocycles. The first-order valence-electron chi connectivity index (χ1n) is 12.9. The summed E-state index contributed by atoms with van der Waals surface area (Å²) < 4.78 is 46.5. The summed E-state index contributed by atoms with van der Waals surface area (Å²) in [6, 6.07) is 7.97. The van der Waals surface area contributed by atoms with E-state index < -0.39 is 41.5 Å². The van der Waals surface area contributed by atoms with Gasteiger partial charge in [-0.3, -0.25) is 14.7 Å². The minimum atomic E-state index is -4.61. The number of carboxylic acid groups (broad SMARTS) is 1. The number of carbonyl (C=O) groups is 2. The number of pyridine rings is 1. The molecule has 7 nitrogen and oxygen atoms in total. The average Bonchev–Trinajstić information content (AvgIpc) is 3.48.